The van der Waals surface area contributed by atoms with Crippen LogP contribution in [0, 0.1) is 6.92 Å². The van der Waals surface area contributed by atoms with Gasteiger partial charge in [0.25, 0.3) is 0 Å². The van der Waals surface area contributed by atoms with Gasteiger partial charge in [-0.3, -0.25) is 4.90 Å². The van der Waals surface area contributed by atoms with Gasteiger partial charge in [-0.1, -0.05) is 0 Å². The van der Waals surface area contributed by atoms with Crippen LogP contribution in [0.1, 0.15) is 25.4 Å². The summed E-state index contributed by atoms with van der Waals surface area (Å²) < 4.78 is 11.5. The summed E-state index contributed by atoms with van der Waals surface area (Å²) in [7, 11) is 0. The van der Waals surface area contributed by atoms with Crippen molar-refractivity contribution < 1.29 is 9.15 Å². The summed E-state index contributed by atoms with van der Waals surface area (Å²) in [6.45, 7) is 12.5. The lowest BCUT2D eigenvalue weighted by Gasteiger charge is -2.56. The predicted octanol–water partition coefficient (Wildman–Crippen LogP) is 1.54. The van der Waals surface area contributed by atoms with Crippen molar-refractivity contribution in [1.29, 1.82) is 0 Å². The molecule has 19 heavy (non-hydrogen) atoms. The number of rotatable bonds is 3. The molecule has 0 spiro atoms. The molecule has 0 unspecified atom stereocenters. The Morgan fingerprint density at radius 2 is 1.89 bits per heavy atom. The molecule has 2 aliphatic heterocycles. The summed E-state index contributed by atoms with van der Waals surface area (Å²) >= 11 is 0. The minimum atomic E-state index is -0.00139. The molecule has 3 heterocycles. The Bertz CT molecular complexity index is 443. The highest BCUT2D eigenvalue weighted by Gasteiger charge is 2.56. The molecule has 2 fully saturated rings. The fourth-order valence-electron chi connectivity index (χ4n) is 3.32. The van der Waals surface area contributed by atoms with Crippen LogP contribution in [0.25, 0.3) is 0 Å². The van der Waals surface area contributed by atoms with Gasteiger partial charge in [0.05, 0.1) is 18.6 Å². The van der Waals surface area contributed by atoms with Crippen LogP contribution in [-0.2, 0) is 10.2 Å². The van der Waals surface area contributed by atoms with Gasteiger partial charge in [-0.15, -0.1) is 0 Å². The van der Waals surface area contributed by atoms with Crippen molar-refractivity contribution in [2.75, 3.05) is 39.4 Å². The van der Waals surface area contributed by atoms with Gasteiger partial charge in [0, 0.05) is 31.7 Å². The smallest absolute Gasteiger partial charge is 0.116 e. The summed E-state index contributed by atoms with van der Waals surface area (Å²) in [6.07, 6.45) is 0. The van der Waals surface area contributed by atoms with E-state index in [1.165, 1.54) is 0 Å². The minimum Gasteiger partial charge on any atom is -0.466 e. The highest BCUT2D eigenvalue weighted by atomic mass is 16.5. The van der Waals surface area contributed by atoms with E-state index in [0.717, 1.165) is 50.9 Å². The Balaban J connectivity index is 1.91. The summed E-state index contributed by atoms with van der Waals surface area (Å²) in [4.78, 5) is 2.57. The average molecular weight is 264 g/mol. The number of hydrogen-bond acceptors (Lipinski definition) is 4. The third-order valence-corrected chi connectivity index (χ3v) is 4.99. The molecule has 0 amide bonds. The van der Waals surface area contributed by atoms with Crippen LogP contribution in [0.2, 0.25) is 0 Å². The molecule has 0 atom stereocenters. The normalized spacial score (nSPS) is 24.2. The molecule has 1 aromatic rings. The molecule has 4 heteroatoms. The van der Waals surface area contributed by atoms with Gasteiger partial charge in [-0.25, -0.2) is 0 Å². The molecule has 4 nitrogen and oxygen atoms in total. The fourth-order valence-corrected chi connectivity index (χ4v) is 3.32. The second-order valence-electron chi connectivity index (χ2n) is 6.28. The van der Waals surface area contributed by atoms with E-state index in [4.69, 9.17) is 9.15 Å². The molecule has 0 radical (unpaired) electrons. The van der Waals surface area contributed by atoms with Crippen LogP contribution in [0.5, 0.6) is 0 Å². The first-order valence-electron chi connectivity index (χ1n) is 7.17. The van der Waals surface area contributed by atoms with Crippen LogP contribution < -0.4 is 5.32 Å². The highest BCUT2D eigenvalue weighted by molar-refractivity contribution is 5.27. The molecule has 1 N–H and O–H groups in total. The van der Waals surface area contributed by atoms with Crippen molar-refractivity contribution in [3.8, 4) is 0 Å². The SMILES string of the molecule is Cc1ccc(C2(C(C)(C)N3CCNCC3)COC2)o1. The average Bonchev–Trinajstić information content (AvgIpc) is 2.75. The Morgan fingerprint density at radius 3 is 2.37 bits per heavy atom. The monoisotopic (exact) mass is 264 g/mol. The van der Waals surface area contributed by atoms with E-state index in [1.54, 1.807) is 0 Å². The van der Waals surface area contributed by atoms with E-state index >= 15 is 0 Å². The Kier molecular flexibility index (Phi) is 3.20. The summed E-state index contributed by atoms with van der Waals surface area (Å²) in [6, 6.07) is 4.19. The number of piperazine rings is 1. The maximum absolute atomic E-state index is 5.95. The quantitative estimate of drug-likeness (QED) is 0.898. The largest absolute Gasteiger partial charge is 0.466 e. The molecule has 2 saturated heterocycles. The summed E-state index contributed by atoms with van der Waals surface area (Å²) in [5.41, 5.74) is 0.0518. The molecule has 106 valence electrons. The number of hydrogen-bond donors (Lipinski definition) is 1. The lowest BCUT2D eigenvalue weighted by Crippen LogP contribution is -2.69. The minimum absolute atomic E-state index is 0.00139. The molecule has 3 rings (SSSR count). The van der Waals surface area contributed by atoms with Crippen molar-refractivity contribution in [2.24, 2.45) is 0 Å². The van der Waals surface area contributed by atoms with Crippen LogP contribution in [0.3, 0.4) is 0 Å². The Hall–Kier alpha value is -0.840. The molecule has 0 aromatic carbocycles. The third kappa shape index (κ3) is 1.93. The topological polar surface area (TPSA) is 37.6 Å². The fraction of sp³-hybridized carbons (Fsp3) is 0.733. The van der Waals surface area contributed by atoms with Crippen molar-refractivity contribution >= 4 is 0 Å². The number of furan rings is 1. The first-order chi connectivity index (χ1) is 9.06. The van der Waals surface area contributed by atoms with Gasteiger partial charge in [-0.05, 0) is 32.9 Å². The van der Waals surface area contributed by atoms with E-state index in [9.17, 15) is 0 Å². The van der Waals surface area contributed by atoms with Crippen LogP contribution in [-0.4, -0.2) is 49.8 Å². The van der Waals surface area contributed by atoms with Crippen molar-refractivity contribution in [3.05, 3.63) is 23.7 Å². The lowest BCUT2D eigenvalue weighted by molar-refractivity contribution is -0.145. The predicted molar refractivity (Wildman–Crippen MR) is 74.5 cm³/mol. The Labute approximate surface area is 115 Å². The van der Waals surface area contributed by atoms with Gasteiger partial charge in [0.2, 0.25) is 0 Å². The van der Waals surface area contributed by atoms with Gasteiger partial charge in [-0.2, -0.15) is 0 Å². The van der Waals surface area contributed by atoms with E-state index < -0.39 is 0 Å². The van der Waals surface area contributed by atoms with Gasteiger partial charge < -0.3 is 14.5 Å². The zero-order chi connectivity index (χ0) is 13.5. The lowest BCUT2D eigenvalue weighted by atomic mass is 9.66. The van der Waals surface area contributed by atoms with Crippen molar-refractivity contribution in [3.63, 3.8) is 0 Å². The zero-order valence-electron chi connectivity index (χ0n) is 12.2. The maximum atomic E-state index is 5.95. The van der Waals surface area contributed by atoms with E-state index in [-0.39, 0.29) is 11.0 Å². The highest BCUT2D eigenvalue weighted by Crippen LogP contribution is 2.45. The molecular weight excluding hydrogens is 240 g/mol. The van der Waals surface area contributed by atoms with Crippen molar-refractivity contribution in [2.45, 2.75) is 31.7 Å². The summed E-state index contributed by atoms with van der Waals surface area (Å²) in [5, 5.41) is 3.42. The first-order valence-corrected chi connectivity index (χ1v) is 7.17. The van der Waals surface area contributed by atoms with Crippen LogP contribution in [0.15, 0.2) is 16.5 Å². The maximum Gasteiger partial charge on any atom is 0.116 e. The second kappa shape index (κ2) is 4.62. The zero-order valence-corrected chi connectivity index (χ0v) is 12.2. The molecule has 0 aliphatic carbocycles. The number of ether oxygens (including phenoxy) is 1. The molecule has 1 aromatic heterocycles. The van der Waals surface area contributed by atoms with Crippen LogP contribution >= 0.6 is 0 Å². The van der Waals surface area contributed by atoms with Gasteiger partial charge in [0.15, 0.2) is 0 Å². The Morgan fingerprint density at radius 1 is 1.21 bits per heavy atom. The second-order valence-corrected chi connectivity index (χ2v) is 6.28. The molecule has 0 bridgehead atoms. The molecular formula is C15H24N2O2. The first kappa shape index (κ1) is 13.2. The standard InChI is InChI=1S/C15H24N2O2/c1-12-4-5-13(19-12)15(10-18-11-15)14(2,3)17-8-6-16-7-9-17/h4-5,16H,6-11H2,1-3H3. The summed E-state index contributed by atoms with van der Waals surface area (Å²) in [5.74, 6) is 2.07. The number of nitrogens with zero attached hydrogens (tertiary/aromatic N) is 1. The number of nitrogens with one attached hydrogen (secondary N) is 1. The molecule has 2 aliphatic rings. The van der Waals surface area contributed by atoms with E-state index in [0.29, 0.717) is 0 Å². The van der Waals surface area contributed by atoms with Crippen molar-refractivity contribution in [1.82, 2.24) is 10.2 Å². The number of aryl methyl sites for hydroxylation is 1. The van der Waals surface area contributed by atoms with E-state index in [1.807, 2.05) is 6.92 Å². The van der Waals surface area contributed by atoms with Gasteiger partial charge >= 0.3 is 0 Å². The third-order valence-electron chi connectivity index (χ3n) is 4.99. The molecule has 0 saturated carbocycles. The van der Waals surface area contributed by atoms with E-state index in [2.05, 4.69) is 36.2 Å². The van der Waals surface area contributed by atoms with Gasteiger partial charge in [0.1, 0.15) is 11.5 Å². The van der Waals surface area contributed by atoms with Crippen LogP contribution in [0.4, 0.5) is 0 Å².